The number of nitrogens with zero attached hydrogens (tertiary/aromatic N) is 2. The lowest BCUT2D eigenvalue weighted by Gasteiger charge is -2.48. The van der Waals surface area contributed by atoms with Crippen LogP contribution in [0, 0.1) is 17.8 Å². The third-order valence-electron chi connectivity index (χ3n) is 9.56. The fraction of sp³-hybridized carbons (Fsp3) is 0.926. The second kappa shape index (κ2) is 11.6. The topological polar surface area (TPSA) is 114 Å². The third-order valence-corrected chi connectivity index (χ3v) is 9.56. The molecule has 0 spiro atoms. The van der Waals surface area contributed by atoms with E-state index in [9.17, 15) is 19.8 Å². The molecular formula is C27H46N4O5. The number of hydrogen-bond donors (Lipinski definition) is 4. The van der Waals surface area contributed by atoms with Gasteiger partial charge in [-0.05, 0) is 50.5 Å². The zero-order valence-corrected chi connectivity index (χ0v) is 21.8. The Morgan fingerprint density at radius 2 is 1.97 bits per heavy atom. The normalized spacial score (nSPS) is 41.9. The van der Waals surface area contributed by atoms with Crippen LogP contribution in [-0.4, -0.2) is 108 Å². The number of likely N-dealkylation sites (tertiary alicyclic amines) is 2. The van der Waals surface area contributed by atoms with Crippen molar-refractivity contribution in [2.24, 2.45) is 17.8 Å². The number of likely N-dealkylation sites (N-methyl/N-ethyl adjacent to an activating group) is 1. The Balaban J connectivity index is 1.23. The van der Waals surface area contributed by atoms with Gasteiger partial charge in [0.2, 0.25) is 11.8 Å². The number of piperidine rings is 2. The fourth-order valence-corrected chi connectivity index (χ4v) is 7.54. The van der Waals surface area contributed by atoms with Crippen molar-refractivity contribution in [2.45, 2.75) is 101 Å². The highest BCUT2D eigenvalue weighted by Crippen LogP contribution is 2.39. The van der Waals surface area contributed by atoms with Crippen LogP contribution in [-0.2, 0) is 14.3 Å². The van der Waals surface area contributed by atoms with Gasteiger partial charge in [0.1, 0.15) is 0 Å². The van der Waals surface area contributed by atoms with Crippen LogP contribution in [0.1, 0.15) is 64.2 Å². The molecule has 9 nitrogen and oxygen atoms in total. The van der Waals surface area contributed by atoms with Gasteiger partial charge in [-0.15, -0.1) is 0 Å². The van der Waals surface area contributed by atoms with Crippen LogP contribution >= 0.6 is 0 Å². The summed E-state index contributed by atoms with van der Waals surface area (Å²) >= 11 is 0. The minimum Gasteiger partial charge on any atom is -0.393 e. The van der Waals surface area contributed by atoms with E-state index in [0.717, 1.165) is 38.9 Å². The van der Waals surface area contributed by atoms with Crippen LogP contribution in [0.3, 0.4) is 0 Å². The summed E-state index contributed by atoms with van der Waals surface area (Å²) < 4.78 is 6.25. The molecule has 0 aromatic heterocycles. The molecule has 0 aromatic carbocycles. The summed E-state index contributed by atoms with van der Waals surface area (Å²) in [5.74, 6) is 0.523. The molecule has 2 saturated carbocycles. The van der Waals surface area contributed by atoms with Gasteiger partial charge in [0.25, 0.3) is 0 Å². The van der Waals surface area contributed by atoms with E-state index < -0.39 is 24.2 Å². The molecule has 0 radical (unpaired) electrons. The molecule has 9 heteroatoms. The number of aliphatic hydroxyl groups excluding tert-OH is 2. The van der Waals surface area contributed by atoms with Crippen molar-refractivity contribution in [2.75, 3.05) is 39.8 Å². The standard InChI is InChI=1S/C27H46N4O5/c1-30-14-19(11-25(30)34)29-22-7-4-5-17-8-10-31(15-21(17)22)27(35)26-23(33)12-20(32)13-24(26)36-16-18-6-2-3-9-28-18/h17-24,26,28-29,32-33H,2-16H2,1H3/t17?,18?,19-,20?,21?,22?,23?,24?,26?/m1/s1. The number of carbonyl (C=O) groups excluding carboxylic acids is 2. The summed E-state index contributed by atoms with van der Waals surface area (Å²) in [7, 11) is 1.87. The Labute approximate surface area is 215 Å². The first kappa shape index (κ1) is 26.4. The van der Waals surface area contributed by atoms with Gasteiger partial charge < -0.3 is 35.4 Å². The minimum atomic E-state index is -0.886. The number of amides is 2. The van der Waals surface area contributed by atoms with Crippen molar-refractivity contribution in [3.8, 4) is 0 Å². The Morgan fingerprint density at radius 3 is 2.72 bits per heavy atom. The number of hydrogen-bond acceptors (Lipinski definition) is 7. The van der Waals surface area contributed by atoms with Crippen LogP contribution < -0.4 is 10.6 Å². The molecule has 36 heavy (non-hydrogen) atoms. The molecule has 3 aliphatic heterocycles. The van der Waals surface area contributed by atoms with E-state index in [4.69, 9.17) is 4.74 Å². The number of aliphatic hydroxyl groups is 2. The lowest BCUT2D eigenvalue weighted by molar-refractivity contribution is -0.161. The summed E-state index contributed by atoms with van der Waals surface area (Å²) in [6.45, 7) is 3.67. The van der Waals surface area contributed by atoms with Crippen LogP contribution in [0.5, 0.6) is 0 Å². The second-order valence-electron chi connectivity index (χ2n) is 12.1. The molecule has 2 aliphatic carbocycles. The first-order valence-electron chi connectivity index (χ1n) is 14.4. The number of carbonyl (C=O) groups is 2. The zero-order valence-electron chi connectivity index (χ0n) is 21.8. The van der Waals surface area contributed by atoms with Crippen molar-refractivity contribution in [1.29, 1.82) is 0 Å². The van der Waals surface area contributed by atoms with Crippen molar-refractivity contribution < 1.29 is 24.5 Å². The van der Waals surface area contributed by atoms with Crippen LogP contribution in [0.15, 0.2) is 0 Å². The van der Waals surface area contributed by atoms with Crippen molar-refractivity contribution in [1.82, 2.24) is 20.4 Å². The maximum atomic E-state index is 13.9. The minimum absolute atomic E-state index is 0.0189. The predicted molar refractivity (Wildman–Crippen MR) is 135 cm³/mol. The number of ether oxygens (including phenoxy) is 1. The van der Waals surface area contributed by atoms with E-state index in [0.29, 0.717) is 43.9 Å². The molecule has 4 N–H and O–H groups in total. The van der Waals surface area contributed by atoms with Crippen molar-refractivity contribution >= 4 is 11.8 Å². The van der Waals surface area contributed by atoms with Gasteiger partial charge >= 0.3 is 0 Å². The van der Waals surface area contributed by atoms with Gasteiger partial charge in [-0.25, -0.2) is 0 Å². The molecule has 2 amide bonds. The molecule has 0 bridgehead atoms. The molecule has 3 saturated heterocycles. The van der Waals surface area contributed by atoms with Crippen molar-refractivity contribution in [3.63, 3.8) is 0 Å². The molecule has 204 valence electrons. The number of rotatable bonds is 6. The second-order valence-corrected chi connectivity index (χ2v) is 12.1. The van der Waals surface area contributed by atoms with Gasteiger partial charge in [0, 0.05) is 64.1 Å². The summed E-state index contributed by atoms with van der Waals surface area (Å²) in [4.78, 5) is 29.7. The zero-order chi connectivity index (χ0) is 25.2. The Bertz CT molecular complexity index is 777. The van der Waals surface area contributed by atoms with Crippen LogP contribution in [0.2, 0.25) is 0 Å². The number of nitrogens with one attached hydrogen (secondary N) is 2. The fourth-order valence-electron chi connectivity index (χ4n) is 7.54. The van der Waals surface area contributed by atoms with E-state index in [2.05, 4.69) is 10.6 Å². The lowest BCUT2D eigenvalue weighted by atomic mass is 9.71. The maximum Gasteiger partial charge on any atom is 0.230 e. The number of fused-ring (bicyclic) bond motifs is 1. The van der Waals surface area contributed by atoms with Crippen LogP contribution in [0.4, 0.5) is 0 Å². The quantitative estimate of drug-likeness (QED) is 0.414. The summed E-state index contributed by atoms with van der Waals surface area (Å²) in [6.07, 6.45) is 7.06. The molecule has 0 aromatic rings. The van der Waals surface area contributed by atoms with Gasteiger partial charge in [0.15, 0.2) is 0 Å². The highest BCUT2D eigenvalue weighted by Gasteiger charge is 2.46. The monoisotopic (exact) mass is 506 g/mol. The van der Waals surface area contributed by atoms with Crippen LogP contribution in [0.25, 0.3) is 0 Å². The summed E-state index contributed by atoms with van der Waals surface area (Å²) in [5, 5.41) is 28.5. The van der Waals surface area contributed by atoms with Gasteiger partial charge in [-0.2, -0.15) is 0 Å². The smallest absolute Gasteiger partial charge is 0.230 e. The first-order valence-corrected chi connectivity index (χ1v) is 14.4. The van der Waals surface area contributed by atoms with Gasteiger partial charge in [0.05, 0.1) is 30.8 Å². The Kier molecular flexibility index (Phi) is 8.52. The van der Waals surface area contributed by atoms with E-state index in [-0.39, 0.29) is 30.3 Å². The average molecular weight is 507 g/mol. The maximum absolute atomic E-state index is 13.9. The molecule has 5 aliphatic rings. The highest BCUT2D eigenvalue weighted by atomic mass is 16.5. The largest absolute Gasteiger partial charge is 0.393 e. The Morgan fingerprint density at radius 1 is 1.11 bits per heavy atom. The molecule has 5 rings (SSSR count). The Hall–Kier alpha value is -1.26. The van der Waals surface area contributed by atoms with E-state index in [1.54, 1.807) is 4.90 Å². The van der Waals surface area contributed by atoms with E-state index in [1.165, 1.54) is 25.7 Å². The molecular weight excluding hydrogens is 460 g/mol. The van der Waals surface area contributed by atoms with Crippen molar-refractivity contribution in [3.05, 3.63) is 0 Å². The molecule has 3 heterocycles. The SMILES string of the molecule is CN1C[C@H](NC2CCCC3CCN(C(=O)C4C(O)CC(O)CC4OCC4CCCCN4)CC32)CC1=O. The summed E-state index contributed by atoms with van der Waals surface area (Å²) in [5.41, 5.74) is 0. The van der Waals surface area contributed by atoms with E-state index >= 15 is 0 Å². The van der Waals surface area contributed by atoms with Gasteiger partial charge in [-0.3, -0.25) is 9.59 Å². The average Bonchev–Trinajstić information content (AvgIpc) is 3.19. The molecule has 9 atom stereocenters. The lowest BCUT2D eigenvalue weighted by Crippen LogP contribution is -2.58. The molecule has 8 unspecified atom stereocenters. The van der Waals surface area contributed by atoms with E-state index in [1.807, 2.05) is 11.9 Å². The summed E-state index contributed by atoms with van der Waals surface area (Å²) in [6, 6.07) is 0.772. The first-order chi connectivity index (χ1) is 17.4. The third kappa shape index (κ3) is 5.90. The highest BCUT2D eigenvalue weighted by molar-refractivity contribution is 5.80. The predicted octanol–water partition coefficient (Wildman–Crippen LogP) is 0.483. The van der Waals surface area contributed by atoms with Gasteiger partial charge in [-0.1, -0.05) is 12.8 Å². The molecule has 5 fully saturated rings.